The lowest BCUT2D eigenvalue weighted by molar-refractivity contribution is 0.213. The highest BCUT2D eigenvalue weighted by Crippen LogP contribution is 2.48. The highest BCUT2D eigenvalue weighted by Gasteiger charge is 2.45. The molecule has 2 spiro atoms. The van der Waals surface area contributed by atoms with Gasteiger partial charge in [0.05, 0.1) is 0 Å². The number of benzene rings is 12. The summed E-state index contributed by atoms with van der Waals surface area (Å²) in [4.78, 5) is 7.64. The smallest absolute Gasteiger partial charge is 0.119 e. The minimum absolute atomic E-state index is 0.140. The number of rotatable bonds is 37. The Kier molecular flexibility index (Phi) is 36.4. The van der Waals surface area contributed by atoms with E-state index in [2.05, 4.69) is 178 Å². The summed E-state index contributed by atoms with van der Waals surface area (Å²) in [5.41, 5.74) is 25.1. The van der Waals surface area contributed by atoms with Crippen molar-refractivity contribution < 1.29 is 55.1 Å². The Morgan fingerprint density at radius 1 is 0.295 bits per heavy atom. The maximum absolute atomic E-state index is 9.89. The second-order valence-corrected chi connectivity index (χ2v) is 39.2. The van der Waals surface area contributed by atoms with Crippen LogP contribution in [0.25, 0.3) is 44.6 Å². The summed E-state index contributed by atoms with van der Waals surface area (Å²) in [7, 11) is 0. The first-order chi connectivity index (χ1) is 68.3. The van der Waals surface area contributed by atoms with Crippen LogP contribution in [0.3, 0.4) is 0 Å². The summed E-state index contributed by atoms with van der Waals surface area (Å²) in [5.74, 6) is 6.26. The molecule has 0 aromatic heterocycles. The molecule has 0 amide bonds. The number of hydrogen-bond acceptors (Lipinski definition) is 15. The van der Waals surface area contributed by atoms with Crippen molar-refractivity contribution >= 4 is 44.6 Å². The zero-order chi connectivity index (χ0) is 95.8. The molecule has 15 heteroatoms. The topological polar surface area (TPSA) is 211 Å². The molecule has 12 aromatic rings. The van der Waals surface area contributed by atoms with Gasteiger partial charge in [0.15, 0.2) is 0 Å². The summed E-state index contributed by atoms with van der Waals surface area (Å²) in [6.07, 6.45) is 23.5. The lowest BCUT2D eigenvalue weighted by Gasteiger charge is -2.23. The molecule has 15 nitrogen and oxygen atoms in total. The predicted octanol–water partition coefficient (Wildman–Crippen LogP) is 24.6. The van der Waals surface area contributed by atoms with Crippen LogP contribution in [-0.2, 0) is 0 Å². The fourth-order valence-electron chi connectivity index (χ4n) is 22.0. The van der Waals surface area contributed by atoms with Gasteiger partial charge in [-0.2, -0.15) is 0 Å². The van der Waals surface area contributed by atoms with Gasteiger partial charge in [0.2, 0.25) is 0 Å². The fraction of sp³-hybridized carbons (Fsp3) is 0.355. The van der Waals surface area contributed by atoms with Gasteiger partial charge in [-0.25, -0.2) is 0 Å². The molecule has 7 fully saturated rings. The second-order valence-electron chi connectivity index (χ2n) is 39.2. The van der Waals surface area contributed by atoms with E-state index >= 15 is 0 Å². The minimum Gasteiger partial charge on any atom is -0.508 e. The monoisotopic (exact) mass is 1860 g/mol. The number of hydrogen-bond donors (Lipinski definition) is 9. The van der Waals surface area contributed by atoms with Crippen LogP contribution in [0.15, 0.2) is 315 Å². The van der Waals surface area contributed by atoms with Crippen LogP contribution in [0.2, 0.25) is 0 Å². The van der Waals surface area contributed by atoms with Crippen LogP contribution in [0, 0.1) is 22.7 Å². The Balaban J connectivity index is 0.000000134. The fourth-order valence-corrected chi connectivity index (χ4v) is 22.0. The number of aliphatic hydroxyl groups excluding tert-OH is 4. The Labute approximate surface area is 824 Å². The van der Waals surface area contributed by atoms with Crippen molar-refractivity contribution in [2.75, 3.05) is 118 Å². The number of fused-ring (bicyclic) bond motifs is 1. The van der Waals surface area contributed by atoms with Crippen LogP contribution in [0.5, 0.6) is 40.2 Å². The number of piperidine rings is 1. The van der Waals surface area contributed by atoms with Crippen molar-refractivity contribution in [3.8, 4) is 40.2 Å². The Hall–Kier alpha value is -12.1. The van der Waals surface area contributed by atoms with Crippen LogP contribution < -0.4 is 19.5 Å². The van der Waals surface area contributed by atoms with E-state index in [1.54, 1.807) is 48.5 Å². The molecule has 12 aromatic carbocycles. The molecular weight excluding hydrogens is 1720 g/mol. The molecule has 9 N–H and O–H groups in total. The first-order valence-corrected chi connectivity index (χ1v) is 51.2. The third kappa shape index (κ3) is 27.7. The lowest BCUT2D eigenvalue weighted by atomic mass is 9.82. The quantitative estimate of drug-likeness (QED) is 0.0166. The summed E-state index contributed by atoms with van der Waals surface area (Å²) in [5, 5.41) is 81.3. The SMILES string of the molecule is OCCC/C(=C(\c1ccc(O)cc1)c1ccc(C2CCCCC2)cc1)c1ccccc1.OCCC/C(=C(\c1ccc(O)cc1)c1ccc(OCCN2CC3CC3C2)cc1)c1ccccc1.OCCC/C(=C(\c1ccc(O)cc1)c1ccc(OCCN2CCC3(CCCC3)C2)cc1)c1ccccc1.OCCC/C(=C(\c1ccc(O)cc1)c1ccc(OCCN2CCC3(CCNC3)C2)cc1)c1ccccc1. The molecule has 3 aliphatic carbocycles. The zero-order valence-electron chi connectivity index (χ0n) is 81.0. The van der Waals surface area contributed by atoms with E-state index in [1.807, 2.05) is 109 Å². The number of allylic oxidation sites excluding steroid dienone is 4. The molecule has 0 radical (unpaired) electrons. The van der Waals surface area contributed by atoms with Gasteiger partial charge in [-0.05, 0) is 353 Å². The summed E-state index contributed by atoms with van der Waals surface area (Å²) < 4.78 is 18.4. The Morgan fingerprint density at radius 3 is 0.885 bits per heavy atom. The van der Waals surface area contributed by atoms with Crippen LogP contribution in [-0.4, -0.2) is 174 Å². The van der Waals surface area contributed by atoms with Crippen LogP contribution in [0.1, 0.15) is 213 Å². The van der Waals surface area contributed by atoms with Gasteiger partial charge in [-0.1, -0.05) is 263 Å². The number of likely N-dealkylation sites (tertiary alicyclic amines) is 3. The van der Waals surface area contributed by atoms with Crippen molar-refractivity contribution in [2.45, 2.75) is 141 Å². The normalized spacial score (nSPS) is 18.5. The van der Waals surface area contributed by atoms with E-state index in [-0.39, 0.29) is 49.4 Å². The molecule has 7 aliphatic rings. The van der Waals surface area contributed by atoms with Gasteiger partial charge in [-0.3, -0.25) is 14.7 Å². The molecule has 4 aliphatic heterocycles. The third-order valence-corrected chi connectivity index (χ3v) is 29.5. The van der Waals surface area contributed by atoms with Crippen LogP contribution >= 0.6 is 0 Å². The number of nitrogens with one attached hydrogen (secondary N) is 1. The van der Waals surface area contributed by atoms with Crippen molar-refractivity contribution in [1.82, 2.24) is 20.0 Å². The lowest BCUT2D eigenvalue weighted by Crippen LogP contribution is -2.31. The Morgan fingerprint density at radius 2 is 0.583 bits per heavy atom. The maximum atomic E-state index is 9.89. The highest BCUT2D eigenvalue weighted by atomic mass is 16.5. The van der Waals surface area contributed by atoms with Crippen molar-refractivity contribution in [3.63, 3.8) is 0 Å². The Bertz CT molecular complexity index is 5680. The number of ether oxygens (including phenoxy) is 3. The first-order valence-electron chi connectivity index (χ1n) is 51.2. The molecule has 3 atom stereocenters. The van der Waals surface area contributed by atoms with Gasteiger partial charge < -0.3 is 60.4 Å². The number of nitrogens with zero attached hydrogens (tertiary/aromatic N) is 3. The van der Waals surface area contributed by atoms with Crippen LogP contribution in [0.4, 0.5) is 0 Å². The standard InChI is InChI=1S/C33H39NO3.C32H38N2O3.C30H33NO3.C29H32O2/c35-23-6-9-31(26-7-2-1-3-8-26)32(27-10-14-29(36)15-11-27)28-12-16-30(17-13-28)37-24-22-34-21-20-33(25-34)18-4-5-19-33;35-21-4-7-30(25-5-2-1-3-6-25)31(26-8-12-28(36)13-9-26)27-10-14-29(15-11-27)37-22-20-34-19-17-32(24-34)16-18-33-23-32;32-17-4-7-29(22-5-2-1-3-6-22)30(23-8-12-27(33)13-9-23)24-10-14-28(15-11-24)34-18-16-31-20-25-19-26(25)21-31;30-21-7-12-28(24-10-5-2-6-11-24)29(26-17-19-27(31)20-18-26)25-15-13-23(14-16-25)22-8-3-1-4-9-22/h1-3,7-8,10-17,35-36H,4-6,9,18-25H2;1-3,5-6,8-15,33,35-36H,4,7,16-24H2;1-3,5-6,8-15,25-26,32-33H,4,7,16-21H2;2,5-6,10-11,13-20,22,30-31H,1,3-4,7-9,12,21H2/b32-31-;31-30-;30-29-;29-28+. The number of phenols is 4. The average Bonchev–Trinajstić information content (AvgIpc) is 1.76. The molecule has 3 unspecified atom stereocenters. The maximum Gasteiger partial charge on any atom is 0.119 e. The molecule has 139 heavy (non-hydrogen) atoms. The van der Waals surface area contributed by atoms with Gasteiger partial charge in [0.25, 0.3) is 0 Å². The van der Waals surface area contributed by atoms with Gasteiger partial charge in [0, 0.05) is 78.8 Å². The predicted molar refractivity (Wildman–Crippen MR) is 566 cm³/mol. The van der Waals surface area contributed by atoms with Gasteiger partial charge >= 0.3 is 0 Å². The first kappa shape index (κ1) is 99.9. The van der Waals surface area contributed by atoms with E-state index in [4.69, 9.17) is 14.2 Å². The average molecular weight is 1860 g/mol. The van der Waals surface area contributed by atoms with Gasteiger partial charge in [-0.15, -0.1) is 0 Å². The molecule has 19 rings (SSSR count). The van der Waals surface area contributed by atoms with Crippen molar-refractivity contribution in [3.05, 3.63) is 388 Å². The zero-order valence-corrected chi connectivity index (χ0v) is 81.0. The van der Waals surface area contributed by atoms with E-state index in [1.165, 1.54) is 167 Å². The number of phenolic OH excluding ortho intramolecular Hbond substituents is 4. The molecule has 724 valence electrons. The van der Waals surface area contributed by atoms with E-state index < -0.39 is 0 Å². The number of aromatic hydroxyl groups is 4. The van der Waals surface area contributed by atoms with E-state index in [0.29, 0.717) is 62.3 Å². The molecule has 0 bridgehead atoms. The highest BCUT2D eigenvalue weighted by molar-refractivity contribution is 6.02. The second kappa shape index (κ2) is 50.6. The summed E-state index contributed by atoms with van der Waals surface area (Å²) in [6.45, 7) is 15.2. The summed E-state index contributed by atoms with van der Waals surface area (Å²) in [6, 6.07) is 105. The molecule has 4 heterocycles. The van der Waals surface area contributed by atoms with Gasteiger partial charge in [0.1, 0.15) is 60.1 Å². The third-order valence-electron chi connectivity index (χ3n) is 29.5. The molecule has 3 saturated carbocycles. The van der Waals surface area contributed by atoms with Crippen molar-refractivity contribution in [1.29, 1.82) is 0 Å². The summed E-state index contributed by atoms with van der Waals surface area (Å²) >= 11 is 0. The number of aliphatic hydroxyl groups is 4. The van der Waals surface area contributed by atoms with E-state index in [9.17, 15) is 40.9 Å². The largest absolute Gasteiger partial charge is 0.508 e. The molecular formula is C124H142N4O11. The molecule has 4 saturated heterocycles. The minimum atomic E-state index is 0.140. The van der Waals surface area contributed by atoms with Crippen molar-refractivity contribution in [2.24, 2.45) is 22.7 Å². The van der Waals surface area contributed by atoms with E-state index in [0.717, 1.165) is 160 Å².